The van der Waals surface area contributed by atoms with Gasteiger partial charge in [0.15, 0.2) is 5.78 Å². The zero-order valence-electron chi connectivity index (χ0n) is 14.0. The SMILES string of the molecule is CC(=O)c1cccc(S(=O)(=O)N2CCNC(=O)C2c2ccc(F)cc2)c1. The predicted molar refractivity (Wildman–Crippen MR) is 92.5 cm³/mol. The van der Waals surface area contributed by atoms with Gasteiger partial charge in [0.25, 0.3) is 0 Å². The third kappa shape index (κ3) is 3.38. The highest BCUT2D eigenvalue weighted by Crippen LogP contribution is 2.30. The van der Waals surface area contributed by atoms with Gasteiger partial charge in [-0.3, -0.25) is 9.59 Å². The number of amides is 1. The van der Waals surface area contributed by atoms with Crippen LogP contribution in [0.15, 0.2) is 53.4 Å². The molecule has 1 amide bonds. The van der Waals surface area contributed by atoms with Crippen LogP contribution in [0.3, 0.4) is 0 Å². The smallest absolute Gasteiger partial charge is 0.244 e. The second kappa shape index (κ2) is 6.97. The number of sulfonamides is 1. The molecular weight excluding hydrogens is 359 g/mol. The van der Waals surface area contributed by atoms with Crippen LogP contribution in [0.2, 0.25) is 0 Å². The van der Waals surface area contributed by atoms with Crippen LogP contribution in [0.25, 0.3) is 0 Å². The maximum Gasteiger partial charge on any atom is 0.244 e. The van der Waals surface area contributed by atoms with Crippen molar-refractivity contribution in [2.24, 2.45) is 0 Å². The third-order valence-corrected chi connectivity index (χ3v) is 6.06. The standard InChI is InChI=1S/C18H17FN2O4S/c1-12(22)14-3-2-4-16(11-14)26(24,25)21-10-9-20-18(23)17(21)13-5-7-15(19)8-6-13/h2-8,11,17H,9-10H2,1H3,(H,20,23). The number of rotatable bonds is 4. The molecule has 0 saturated carbocycles. The number of halogens is 1. The van der Waals surface area contributed by atoms with Gasteiger partial charge in [-0.15, -0.1) is 0 Å². The van der Waals surface area contributed by atoms with E-state index in [9.17, 15) is 22.4 Å². The van der Waals surface area contributed by atoms with Crippen LogP contribution in [0.5, 0.6) is 0 Å². The second-order valence-electron chi connectivity index (χ2n) is 5.94. The largest absolute Gasteiger partial charge is 0.353 e. The van der Waals surface area contributed by atoms with Gasteiger partial charge in [0.2, 0.25) is 15.9 Å². The Balaban J connectivity index is 2.06. The fourth-order valence-corrected chi connectivity index (χ4v) is 4.50. The summed E-state index contributed by atoms with van der Waals surface area (Å²) < 4.78 is 40.5. The van der Waals surface area contributed by atoms with Gasteiger partial charge >= 0.3 is 0 Å². The minimum absolute atomic E-state index is 0.0630. The molecule has 2 aromatic rings. The van der Waals surface area contributed by atoms with Crippen LogP contribution in [-0.2, 0) is 14.8 Å². The fourth-order valence-electron chi connectivity index (χ4n) is 2.88. The number of carbonyl (C=O) groups excluding carboxylic acids is 2. The van der Waals surface area contributed by atoms with Gasteiger partial charge < -0.3 is 5.32 Å². The van der Waals surface area contributed by atoms with Crippen LogP contribution < -0.4 is 5.32 Å². The maximum absolute atomic E-state index is 13.2. The Morgan fingerprint density at radius 2 is 1.88 bits per heavy atom. The first-order valence-electron chi connectivity index (χ1n) is 7.97. The highest BCUT2D eigenvalue weighted by Gasteiger charge is 2.39. The lowest BCUT2D eigenvalue weighted by Gasteiger charge is -2.34. The summed E-state index contributed by atoms with van der Waals surface area (Å²) in [5.41, 5.74) is 0.640. The lowest BCUT2D eigenvalue weighted by molar-refractivity contribution is -0.126. The molecule has 3 rings (SSSR count). The van der Waals surface area contributed by atoms with Crippen molar-refractivity contribution in [3.63, 3.8) is 0 Å². The maximum atomic E-state index is 13.2. The van der Waals surface area contributed by atoms with E-state index in [0.29, 0.717) is 5.56 Å². The van der Waals surface area contributed by atoms with Crippen LogP contribution in [0.1, 0.15) is 28.9 Å². The van der Waals surface area contributed by atoms with Gasteiger partial charge in [0.1, 0.15) is 11.9 Å². The van der Waals surface area contributed by atoms with Crippen LogP contribution in [0, 0.1) is 5.82 Å². The van der Waals surface area contributed by atoms with Gasteiger partial charge in [0, 0.05) is 18.7 Å². The number of carbonyl (C=O) groups is 2. The Bertz CT molecular complexity index is 957. The molecule has 0 spiro atoms. The molecule has 1 atom stereocenters. The molecule has 1 heterocycles. The predicted octanol–water partition coefficient (Wildman–Crippen LogP) is 1.89. The van der Waals surface area contributed by atoms with Gasteiger partial charge in [0.05, 0.1) is 4.90 Å². The first kappa shape index (κ1) is 18.2. The number of hydrogen-bond acceptors (Lipinski definition) is 4. The first-order valence-corrected chi connectivity index (χ1v) is 9.41. The quantitative estimate of drug-likeness (QED) is 0.826. The number of Topliss-reactive ketones (excluding diaryl/α,β-unsaturated/α-hetero) is 1. The van der Waals surface area contributed by atoms with Gasteiger partial charge in [-0.2, -0.15) is 4.31 Å². The highest BCUT2D eigenvalue weighted by molar-refractivity contribution is 7.89. The van der Waals surface area contributed by atoms with E-state index >= 15 is 0 Å². The molecule has 0 bridgehead atoms. The van der Waals surface area contributed by atoms with Crippen molar-refractivity contribution in [1.82, 2.24) is 9.62 Å². The van der Waals surface area contributed by atoms with E-state index in [0.717, 1.165) is 4.31 Å². The van der Waals surface area contributed by atoms with Crippen molar-refractivity contribution >= 4 is 21.7 Å². The molecule has 1 unspecified atom stereocenters. The van der Waals surface area contributed by atoms with Crippen molar-refractivity contribution in [2.45, 2.75) is 17.9 Å². The summed E-state index contributed by atoms with van der Waals surface area (Å²) in [5.74, 6) is -1.21. The molecular formula is C18H17FN2O4S. The summed E-state index contributed by atoms with van der Waals surface area (Å²) in [5, 5.41) is 2.64. The molecule has 26 heavy (non-hydrogen) atoms. The Hall–Kier alpha value is -2.58. The summed E-state index contributed by atoms with van der Waals surface area (Å²) in [6.45, 7) is 1.59. The van der Waals surface area contributed by atoms with E-state index in [-0.39, 0.29) is 29.3 Å². The number of ketones is 1. The molecule has 0 aromatic heterocycles. The molecule has 1 aliphatic heterocycles. The Morgan fingerprint density at radius 3 is 2.54 bits per heavy atom. The summed E-state index contributed by atoms with van der Waals surface area (Å²) in [7, 11) is -4.03. The zero-order chi connectivity index (χ0) is 18.9. The van der Waals surface area contributed by atoms with Crippen molar-refractivity contribution in [3.8, 4) is 0 Å². The lowest BCUT2D eigenvalue weighted by atomic mass is 10.0. The first-order chi connectivity index (χ1) is 12.3. The van der Waals surface area contributed by atoms with E-state index in [1.807, 2.05) is 0 Å². The van der Waals surface area contributed by atoms with E-state index in [4.69, 9.17) is 0 Å². The molecule has 0 aliphatic carbocycles. The molecule has 0 radical (unpaired) electrons. The molecule has 6 nitrogen and oxygen atoms in total. The molecule has 1 aliphatic rings. The normalized spacial score (nSPS) is 18.4. The Morgan fingerprint density at radius 1 is 1.19 bits per heavy atom. The number of nitrogens with zero attached hydrogens (tertiary/aromatic N) is 1. The average Bonchev–Trinajstić information content (AvgIpc) is 2.62. The molecule has 8 heteroatoms. The molecule has 2 aromatic carbocycles. The lowest BCUT2D eigenvalue weighted by Crippen LogP contribution is -2.52. The van der Waals surface area contributed by atoms with Crippen molar-refractivity contribution < 1.29 is 22.4 Å². The monoisotopic (exact) mass is 376 g/mol. The number of nitrogens with one attached hydrogen (secondary N) is 1. The summed E-state index contributed by atoms with van der Waals surface area (Å²) in [6, 6.07) is 9.73. The third-order valence-electron chi connectivity index (χ3n) is 4.20. The molecule has 1 fully saturated rings. The highest BCUT2D eigenvalue weighted by atomic mass is 32.2. The number of piperazine rings is 1. The van der Waals surface area contributed by atoms with Crippen LogP contribution in [-0.4, -0.2) is 37.5 Å². The van der Waals surface area contributed by atoms with Gasteiger partial charge in [-0.25, -0.2) is 12.8 Å². The van der Waals surface area contributed by atoms with Crippen molar-refractivity contribution in [3.05, 3.63) is 65.5 Å². The van der Waals surface area contributed by atoms with Gasteiger partial charge in [-0.05, 0) is 36.8 Å². The van der Waals surface area contributed by atoms with E-state index in [1.165, 1.54) is 55.5 Å². The second-order valence-corrected chi connectivity index (χ2v) is 7.84. The van der Waals surface area contributed by atoms with E-state index in [2.05, 4.69) is 5.32 Å². The Kier molecular flexibility index (Phi) is 4.88. The number of benzene rings is 2. The molecule has 136 valence electrons. The number of hydrogen-bond donors (Lipinski definition) is 1. The summed E-state index contributed by atoms with van der Waals surface area (Å²) in [6.07, 6.45) is 0. The minimum Gasteiger partial charge on any atom is -0.353 e. The van der Waals surface area contributed by atoms with Crippen LogP contribution in [0.4, 0.5) is 4.39 Å². The van der Waals surface area contributed by atoms with Crippen molar-refractivity contribution in [1.29, 1.82) is 0 Å². The fraction of sp³-hybridized carbons (Fsp3) is 0.222. The molecule has 1 N–H and O–H groups in total. The van der Waals surface area contributed by atoms with E-state index in [1.54, 1.807) is 0 Å². The van der Waals surface area contributed by atoms with Crippen LogP contribution >= 0.6 is 0 Å². The minimum atomic E-state index is -4.03. The zero-order valence-corrected chi connectivity index (χ0v) is 14.8. The average molecular weight is 376 g/mol. The topological polar surface area (TPSA) is 83.6 Å². The van der Waals surface area contributed by atoms with E-state index < -0.39 is 27.8 Å². The Labute approximate surface area is 150 Å². The van der Waals surface area contributed by atoms with Gasteiger partial charge in [-0.1, -0.05) is 24.3 Å². The summed E-state index contributed by atoms with van der Waals surface area (Å²) in [4.78, 5) is 23.9. The summed E-state index contributed by atoms with van der Waals surface area (Å²) >= 11 is 0. The van der Waals surface area contributed by atoms with Crippen molar-refractivity contribution in [2.75, 3.05) is 13.1 Å². The molecule has 1 saturated heterocycles.